The smallest absolute Gasteiger partial charge is 0.275 e. The van der Waals surface area contributed by atoms with Crippen LogP contribution in [0.1, 0.15) is 12.0 Å². The summed E-state index contributed by atoms with van der Waals surface area (Å²) >= 11 is 4.29. The molecular weight excluding hydrogens is 447 g/mol. The van der Waals surface area contributed by atoms with E-state index in [1.165, 1.54) is 21.2 Å². The van der Waals surface area contributed by atoms with E-state index in [9.17, 15) is 4.79 Å². The largest absolute Gasteiger partial charge is 0.355 e. The fourth-order valence-electron chi connectivity index (χ4n) is 3.30. The Morgan fingerprint density at radius 3 is 2.96 bits per heavy atom. The zero-order chi connectivity index (χ0) is 17.2. The van der Waals surface area contributed by atoms with E-state index < -0.39 is 0 Å². The molecule has 0 saturated carbocycles. The molecule has 4 rings (SSSR count). The molecule has 25 heavy (non-hydrogen) atoms. The van der Waals surface area contributed by atoms with Crippen LogP contribution in [0.4, 0.5) is 0 Å². The van der Waals surface area contributed by atoms with Gasteiger partial charge in [-0.1, -0.05) is 0 Å². The van der Waals surface area contributed by atoms with Gasteiger partial charge in [-0.25, -0.2) is 4.98 Å². The Morgan fingerprint density at radius 2 is 2.12 bits per heavy atom. The van der Waals surface area contributed by atoms with Gasteiger partial charge in [0.2, 0.25) is 0 Å². The number of hydrogen-bond donors (Lipinski definition) is 2. The zero-order valence-corrected chi connectivity index (χ0v) is 16.6. The second kappa shape index (κ2) is 7.51. The van der Waals surface area contributed by atoms with Gasteiger partial charge >= 0.3 is 0 Å². The first kappa shape index (κ1) is 17.1. The van der Waals surface area contributed by atoms with Crippen LogP contribution in [0.25, 0.3) is 11.0 Å². The van der Waals surface area contributed by atoms with Gasteiger partial charge in [-0.3, -0.25) is 9.69 Å². The fourth-order valence-corrected chi connectivity index (χ4v) is 4.69. The molecular formula is C18H19IN4OS. The Morgan fingerprint density at radius 1 is 1.28 bits per heavy atom. The lowest BCUT2D eigenvalue weighted by atomic mass is 10.2. The van der Waals surface area contributed by atoms with Crippen molar-refractivity contribution >= 4 is 45.4 Å². The van der Waals surface area contributed by atoms with Crippen LogP contribution in [0.2, 0.25) is 0 Å². The predicted octanol–water partition coefficient (Wildman–Crippen LogP) is 3.47. The highest BCUT2D eigenvalue weighted by molar-refractivity contribution is 14.1. The summed E-state index contributed by atoms with van der Waals surface area (Å²) in [6.07, 6.45) is 4.63. The molecule has 3 heterocycles. The molecule has 0 amide bonds. The molecule has 1 aliphatic heterocycles. The lowest BCUT2D eigenvalue weighted by Crippen LogP contribution is -2.20. The molecule has 2 aromatic heterocycles. The highest BCUT2D eigenvalue weighted by Gasteiger charge is 2.23. The van der Waals surface area contributed by atoms with Gasteiger partial charge in [0, 0.05) is 39.1 Å². The third kappa shape index (κ3) is 3.93. The van der Waals surface area contributed by atoms with Crippen LogP contribution in [-0.4, -0.2) is 38.7 Å². The van der Waals surface area contributed by atoms with E-state index in [0.29, 0.717) is 11.4 Å². The standard InChI is InChI=1S/C18H19IN4OS/c19-14-1-3-15(4-2-14)25-10-12-5-6-23(8-12)9-13-7-20-17-16(13)21-11-22-18(17)24/h1-4,7,11-12,20H,5-6,8-10H2,(H,21,22,24)/t12-/m1/s1. The van der Waals surface area contributed by atoms with Crippen molar-refractivity contribution in [2.24, 2.45) is 5.92 Å². The Hall–Kier alpha value is -1.32. The van der Waals surface area contributed by atoms with Crippen molar-refractivity contribution in [1.82, 2.24) is 19.9 Å². The Kier molecular flexibility index (Phi) is 5.14. The van der Waals surface area contributed by atoms with E-state index in [0.717, 1.165) is 36.5 Å². The quantitative estimate of drug-likeness (QED) is 0.447. The van der Waals surface area contributed by atoms with Gasteiger partial charge in [-0.2, -0.15) is 0 Å². The lowest BCUT2D eigenvalue weighted by molar-refractivity contribution is 0.322. The van der Waals surface area contributed by atoms with Gasteiger partial charge in [-0.15, -0.1) is 11.8 Å². The molecule has 1 aliphatic rings. The van der Waals surface area contributed by atoms with E-state index in [-0.39, 0.29) is 5.56 Å². The third-order valence-electron chi connectivity index (χ3n) is 4.61. The number of rotatable bonds is 5. The van der Waals surface area contributed by atoms with Gasteiger partial charge in [0.05, 0.1) is 11.8 Å². The number of benzene rings is 1. The number of fused-ring (bicyclic) bond motifs is 1. The van der Waals surface area contributed by atoms with Crippen LogP contribution in [0.15, 0.2) is 46.5 Å². The number of aromatic amines is 2. The number of likely N-dealkylation sites (tertiary alicyclic amines) is 1. The molecule has 1 fully saturated rings. The minimum atomic E-state index is -0.107. The van der Waals surface area contributed by atoms with E-state index in [1.54, 1.807) is 0 Å². The van der Waals surface area contributed by atoms with E-state index in [1.807, 2.05) is 18.0 Å². The summed E-state index contributed by atoms with van der Waals surface area (Å²) in [7, 11) is 0. The molecule has 0 radical (unpaired) electrons. The summed E-state index contributed by atoms with van der Waals surface area (Å²) in [5.74, 6) is 1.87. The summed E-state index contributed by atoms with van der Waals surface area (Å²) in [4.78, 5) is 25.6. The minimum Gasteiger partial charge on any atom is -0.355 e. The highest BCUT2D eigenvalue weighted by Crippen LogP contribution is 2.27. The molecule has 1 atom stereocenters. The van der Waals surface area contributed by atoms with Crippen LogP contribution >= 0.6 is 34.4 Å². The van der Waals surface area contributed by atoms with E-state index in [4.69, 9.17) is 0 Å². The minimum absolute atomic E-state index is 0.107. The molecule has 130 valence electrons. The van der Waals surface area contributed by atoms with Crippen molar-refractivity contribution in [2.45, 2.75) is 17.9 Å². The van der Waals surface area contributed by atoms with Gasteiger partial charge in [-0.05, 0) is 65.7 Å². The number of halogens is 1. The van der Waals surface area contributed by atoms with E-state index >= 15 is 0 Å². The van der Waals surface area contributed by atoms with Gasteiger partial charge in [0.15, 0.2) is 0 Å². The van der Waals surface area contributed by atoms with Crippen LogP contribution in [0, 0.1) is 9.49 Å². The van der Waals surface area contributed by atoms with Crippen molar-refractivity contribution in [1.29, 1.82) is 0 Å². The van der Waals surface area contributed by atoms with E-state index in [2.05, 4.69) is 66.7 Å². The number of aromatic nitrogens is 3. The lowest BCUT2D eigenvalue weighted by Gasteiger charge is -2.15. The fraction of sp³-hybridized carbons (Fsp3) is 0.333. The molecule has 2 N–H and O–H groups in total. The maximum absolute atomic E-state index is 11.8. The second-order valence-corrected chi connectivity index (χ2v) is 8.76. The van der Waals surface area contributed by atoms with Crippen LogP contribution < -0.4 is 5.56 Å². The monoisotopic (exact) mass is 466 g/mol. The molecule has 0 spiro atoms. The van der Waals surface area contributed by atoms with Gasteiger partial charge < -0.3 is 9.97 Å². The summed E-state index contributed by atoms with van der Waals surface area (Å²) in [5.41, 5.74) is 2.36. The van der Waals surface area contributed by atoms with Gasteiger partial charge in [0.1, 0.15) is 5.52 Å². The Balaban J connectivity index is 1.35. The number of hydrogen-bond acceptors (Lipinski definition) is 4. The number of nitrogens with one attached hydrogen (secondary N) is 2. The number of H-pyrrole nitrogens is 2. The average molecular weight is 466 g/mol. The van der Waals surface area contributed by atoms with Crippen molar-refractivity contribution < 1.29 is 0 Å². The summed E-state index contributed by atoms with van der Waals surface area (Å²) in [6, 6.07) is 8.73. The molecule has 1 aromatic carbocycles. The van der Waals surface area contributed by atoms with Crippen molar-refractivity contribution in [2.75, 3.05) is 18.8 Å². The molecule has 0 bridgehead atoms. The molecule has 5 nitrogen and oxygen atoms in total. The molecule has 0 aliphatic carbocycles. The zero-order valence-electron chi connectivity index (χ0n) is 13.7. The van der Waals surface area contributed by atoms with Crippen LogP contribution in [0.3, 0.4) is 0 Å². The van der Waals surface area contributed by atoms with Gasteiger partial charge in [0.25, 0.3) is 5.56 Å². The Labute approximate surface area is 163 Å². The SMILES string of the molecule is O=c1[nH]cnc2c(CN3CC[C@@H](CSc4ccc(I)cc4)C3)c[nH]c12. The normalized spacial score (nSPS) is 18.2. The highest BCUT2D eigenvalue weighted by atomic mass is 127. The number of thioether (sulfide) groups is 1. The second-order valence-electron chi connectivity index (χ2n) is 6.42. The molecule has 7 heteroatoms. The summed E-state index contributed by atoms with van der Waals surface area (Å²) in [5, 5.41) is 0. The predicted molar refractivity (Wildman–Crippen MR) is 110 cm³/mol. The van der Waals surface area contributed by atoms with Crippen LogP contribution in [-0.2, 0) is 6.54 Å². The summed E-state index contributed by atoms with van der Waals surface area (Å²) in [6.45, 7) is 3.06. The molecule has 0 unspecified atom stereocenters. The average Bonchev–Trinajstić information content (AvgIpc) is 3.23. The summed E-state index contributed by atoms with van der Waals surface area (Å²) < 4.78 is 1.28. The number of nitrogens with zero attached hydrogens (tertiary/aromatic N) is 2. The van der Waals surface area contributed by atoms with Crippen LogP contribution in [0.5, 0.6) is 0 Å². The molecule has 1 saturated heterocycles. The third-order valence-corrected chi connectivity index (χ3v) is 6.57. The van der Waals surface area contributed by atoms with Crippen molar-refractivity contribution in [3.05, 3.63) is 56.3 Å². The maximum Gasteiger partial charge on any atom is 0.275 e. The van der Waals surface area contributed by atoms with Crippen molar-refractivity contribution in [3.8, 4) is 0 Å². The first-order chi connectivity index (χ1) is 12.2. The van der Waals surface area contributed by atoms with Crippen molar-refractivity contribution in [3.63, 3.8) is 0 Å². The first-order valence-corrected chi connectivity index (χ1v) is 10.4. The first-order valence-electron chi connectivity index (χ1n) is 8.33. The maximum atomic E-state index is 11.8. The molecule has 3 aromatic rings. The topological polar surface area (TPSA) is 64.8 Å². The Bertz CT molecular complexity index is 921.